The van der Waals surface area contributed by atoms with Gasteiger partial charge < -0.3 is 48.0 Å². The summed E-state index contributed by atoms with van der Waals surface area (Å²) in [4.78, 5) is 19.1. The second-order valence-electron chi connectivity index (χ2n) is 8.77. The average molecular weight is 504 g/mol. The first-order chi connectivity index (χ1) is 15.6. The Bertz CT molecular complexity index is 492. The third-order valence-corrected chi connectivity index (χ3v) is 5.39. The Morgan fingerprint density at radius 2 is 1.36 bits per heavy atom. The average Bonchev–Trinajstić information content (AvgIpc) is 2.72. The van der Waals surface area contributed by atoms with E-state index >= 15 is 0 Å². The zero-order chi connectivity index (χ0) is 25.0. The summed E-state index contributed by atoms with van der Waals surface area (Å²) >= 11 is 0. The van der Waals surface area contributed by atoms with E-state index in [1.807, 2.05) is 14.1 Å². The van der Waals surface area contributed by atoms with Crippen LogP contribution in [0.4, 0.5) is 0 Å². The number of hydrogen-bond donors (Lipinski definition) is 3. The smallest absolute Gasteiger partial charge is 0.265 e. The first kappa shape index (κ1) is 32.8. The normalized spacial score (nSPS) is 16.0. The van der Waals surface area contributed by atoms with Gasteiger partial charge in [0.15, 0.2) is 0 Å². The van der Waals surface area contributed by atoms with Gasteiger partial charge in [0.2, 0.25) is 0 Å². The van der Waals surface area contributed by atoms with Crippen molar-refractivity contribution < 1.29 is 52.5 Å². The minimum atomic E-state index is -4.63. The van der Waals surface area contributed by atoms with Crippen molar-refractivity contribution in [2.45, 2.75) is 50.7 Å². The molecule has 0 aliphatic heterocycles. The fraction of sp³-hybridized carbons (Fsp3) is 1.00. The van der Waals surface area contributed by atoms with E-state index in [-0.39, 0.29) is 19.8 Å². The molecule has 200 valence electrons. The number of quaternary nitrogens is 1. The number of phosphoric ester groups is 1. The zero-order valence-electron chi connectivity index (χ0n) is 20.6. The molecule has 0 spiro atoms. The Labute approximate surface area is 198 Å². The zero-order valence-corrected chi connectivity index (χ0v) is 21.5. The van der Waals surface area contributed by atoms with Crippen molar-refractivity contribution >= 4 is 7.82 Å². The number of hydrogen-bond acceptors (Lipinski definition) is 9. The number of aliphatic hydroxyl groups excluding tert-OH is 2. The van der Waals surface area contributed by atoms with Crippen LogP contribution in [-0.4, -0.2) is 119 Å². The predicted octanol–water partition coefficient (Wildman–Crippen LogP) is 0.299. The molecule has 12 heteroatoms. The third-order valence-electron chi connectivity index (χ3n) is 4.89. The fourth-order valence-electron chi connectivity index (χ4n) is 2.95. The van der Waals surface area contributed by atoms with E-state index in [9.17, 15) is 19.7 Å². The van der Waals surface area contributed by atoms with Crippen molar-refractivity contribution in [1.82, 2.24) is 0 Å². The standard InChI is InChI=1S/C21H46NO10P/c1-22(2,10-8-15-32-33(25,26)27)11-16-29-12-5-4-9-20(23)18-30-13-6-7-14-31-19-21(24)17-28-3/h20-21,23-24H,4-19H2,1-3H3,(H-,25,26,27). The molecule has 0 saturated carbocycles. The van der Waals surface area contributed by atoms with Gasteiger partial charge in [-0.05, 0) is 32.1 Å². The molecule has 3 N–H and O–H groups in total. The highest BCUT2D eigenvalue weighted by Crippen LogP contribution is 2.30. The fourth-order valence-corrected chi connectivity index (χ4v) is 3.31. The number of unbranched alkanes of at least 4 members (excludes halogenated alkanes) is 2. The van der Waals surface area contributed by atoms with E-state index in [2.05, 4.69) is 4.52 Å². The summed E-state index contributed by atoms with van der Waals surface area (Å²) < 4.78 is 36.9. The minimum Gasteiger partial charge on any atom is -0.756 e. The van der Waals surface area contributed by atoms with Crippen LogP contribution in [0.1, 0.15) is 38.5 Å². The summed E-state index contributed by atoms with van der Waals surface area (Å²) in [7, 11) is 0.950. The molecule has 0 radical (unpaired) electrons. The summed E-state index contributed by atoms with van der Waals surface area (Å²) in [5.41, 5.74) is 0. The first-order valence-electron chi connectivity index (χ1n) is 11.6. The lowest BCUT2D eigenvalue weighted by Crippen LogP contribution is -2.43. The molecule has 0 aromatic rings. The maximum Gasteiger partial charge on any atom is 0.265 e. The summed E-state index contributed by atoms with van der Waals surface area (Å²) in [5, 5.41) is 19.4. The third kappa shape index (κ3) is 24.7. The SMILES string of the molecule is COCC(O)COCCCCOCC(O)CCCCOCC[N+](C)(C)CCCOP(=O)([O-])O. The van der Waals surface area contributed by atoms with E-state index in [4.69, 9.17) is 23.8 Å². The predicted molar refractivity (Wildman–Crippen MR) is 122 cm³/mol. The number of rotatable bonds is 24. The quantitative estimate of drug-likeness (QED) is 0.0954. The Morgan fingerprint density at radius 3 is 1.97 bits per heavy atom. The van der Waals surface area contributed by atoms with Crippen LogP contribution in [0.25, 0.3) is 0 Å². The molecule has 0 aliphatic carbocycles. The molecule has 33 heavy (non-hydrogen) atoms. The Kier molecular flexibility index (Phi) is 20.0. The van der Waals surface area contributed by atoms with Crippen LogP contribution in [-0.2, 0) is 28.0 Å². The molecule has 0 saturated heterocycles. The van der Waals surface area contributed by atoms with E-state index in [1.165, 1.54) is 7.11 Å². The molecule has 0 aromatic carbocycles. The number of aliphatic hydroxyl groups is 2. The molecule has 0 aliphatic rings. The number of methoxy groups -OCH3 is 1. The van der Waals surface area contributed by atoms with Gasteiger partial charge in [-0.25, -0.2) is 0 Å². The summed E-state index contributed by atoms with van der Waals surface area (Å²) in [6.45, 7) is 4.67. The van der Waals surface area contributed by atoms with Gasteiger partial charge >= 0.3 is 0 Å². The maximum absolute atomic E-state index is 10.5. The molecule has 0 amide bonds. The minimum absolute atomic E-state index is 0.0272. The lowest BCUT2D eigenvalue weighted by Gasteiger charge is -2.30. The highest BCUT2D eigenvalue weighted by Gasteiger charge is 2.15. The van der Waals surface area contributed by atoms with E-state index < -0.39 is 20.0 Å². The molecule has 0 rings (SSSR count). The van der Waals surface area contributed by atoms with Crippen LogP contribution in [0.2, 0.25) is 0 Å². The monoisotopic (exact) mass is 503 g/mol. The molecule has 3 unspecified atom stereocenters. The van der Waals surface area contributed by atoms with E-state index in [1.54, 1.807) is 0 Å². The van der Waals surface area contributed by atoms with Gasteiger partial charge in [-0.3, -0.25) is 4.57 Å². The molecule has 11 nitrogen and oxygen atoms in total. The Morgan fingerprint density at radius 1 is 0.788 bits per heavy atom. The highest BCUT2D eigenvalue weighted by atomic mass is 31.2. The van der Waals surface area contributed by atoms with Crippen LogP contribution >= 0.6 is 7.82 Å². The first-order valence-corrected chi connectivity index (χ1v) is 13.1. The summed E-state index contributed by atoms with van der Waals surface area (Å²) in [5.74, 6) is 0. The Balaban J connectivity index is 3.46. The molecular formula is C21H46NO10P. The van der Waals surface area contributed by atoms with Crippen molar-refractivity contribution in [2.75, 3.05) is 87.1 Å². The van der Waals surface area contributed by atoms with Crippen LogP contribution < -0.4 is 4.89 Å². The highest BCUT2D eigenvalue weighted by molar-refractivity contribution is 7.44. The number of nitrogens with zero attached hydrogens (tertiary/aromatic N) is 1. The van der Waals surface area contributed by atoms with Crippen molar-refractivity contribution in [3.8, 4) is 0 Å². The number of ether oxygens (including phenoxy) is 4. The van der Waals surface area contributed by atoms with Gasteiger partial charge in [0.05, 0.1) is 59.8 Å². The molecule has 0 aromatic heterocycles. The van der Waals surface area contributed by atoms with Gasteiger partial charge in [0, 0.05) is 33.4 Å². The van der Waals surface area contributed by atoms with E-state index in [0.717, 1.165) is 32.2 Å². The van der Waals surface area contributed by atoms with Gasteiger partial charge in [-0.15, -0.1) is 0 Å². The van der Waals surface area contributed by atoms with Gasteiger partial charge in [0.25, 0.3) is 7.82 Å². The summed E-state index contributed by atoms with van der Waals surface area (Å²) in [6.07, 6.45) is 3.50. The van der Waals surface area contributed by atoms with Crippen molar-refractivity contribution in [3.05, 3.63) is 0 Å². The van der Waals surface area contributed by atoms with Gasteiger partial charge in [0.1, 0.15) is 12.6 Å². The van der Waals surface area contributed by atoms with Gasteiger partial charge in [-0.2, -0.15) is 0 Å². The van der Waals surface area contributed by atoms with Crippen LogP contribution in [0.3, 0.4) is 0 Å². The van der Waals surface area contributed by atoms with E-state index in [0.29, 0.717) is 56.9 Å². The largest absolute Gasteiger partial charge is 0.756 e. The number of phosphoric acid groups is 1. The lowest BCUT2D eigenvalue weighted by atomic mass is 10.2. The second-order valence-corrected chi connectivity index (χ2v) is 9.96. The van der Waals surface area contributed by atoms with Crippen molar-refractivity contribution in [3.63, 3.8) is 0 Å². The summed E-state index contributed by atoms with van der Waals surface area (Å²) in [6, 6.07) is 0. The lowest BCUT2D eigenvalue weighted by molar-refractivity contribution is -0.890. The van der Waals surface area contributed by atoms with Crippen molar-refractivity contribution in [1.29, 1.82) is 0 Å². The van der Waals surface area contributed by atoms with Crippen LogP contribution in [0.15, 0.2) is 0 Å². The molecule has 3 atom stereocenters. The molecular weight excluding hydrogens is 457 g/mol. The Hall–Kier alpha value is -0.170. The maximum atomic E-state index is 10.5. The molecule has 0 fully saturated rings. The molecule has 0 bridgehead atoms. The van der Waals surface area contributed by atoms with Gasteiger partial charge in [-0.1, -0.05) is 0 Å². The van der Waals surface area contributed by atoms with Crippen LogP contribution in [0, 0.1) is 0 Å². The number of likely N-dealkylation sites (N-methyl/N-ethyl adjacent to an activating group) is 1. The van der Waals surface area contributed by atoms with Crippen LogP contribution in [0.5, 0.6) is 0 Å². The second kappa shape index (κ2) is 20.1. The molecule has 0 heterocycles. The topological polar surface area (TPSA) is 147 Å². The van der Waals surface area contributed by atoms with Crippen molar-refractivity contribution in [2.24, 2.45) is 0 Å².